The summed E-state index contributed by atoms with van der Waals surface area (Å²) in [6.45, 7) is 0.339. The Kier molecular flexibility index (Phi) is 7.69. The molecule has 0 radical (unpaired) electrons. The van der Waals surface area contributed by atoms with E-state index in [-0.39, 0.29) is 29.7 Å². The highest BCUT2D eigenvalue weighted by Gasteiger charge is 2.24. The lowest BCUT2D eigenvalue weighted by Gasteiger charge is -2.26. The van der Waals surface area contributed by atoms with Crippen molar-refractivity contribution < 1.29 is 23.1 Å². The third-order valence-electron chi connectivity index (χ3n) is 5.20. The molecule has 9 heteroatoms. The van der Waals surface area contributed by atoms with Gasteiger partial charge in [-0.3, -0.25) is 9.59 Å². The van der Waals surface area contributed by atoms with Crippen molar-refractivity contribution in [3.63, 3.8) is 0 Å². The number of sulfonamides is 1. The molecule has 0 heterocycles. The molecule has 2 aromatic carbocycles. The zero-order valence-electron chi connectivity index (χ0n) is 16.9. The molecule has 1 unspecified atom stereocenters. The van der Waals surface area contributed by atoms with E-state index in [1.807, 2.05) is 18.2 Å². The predicted molar refractivity (Wildman–Crippen MR) is 118 cm³/mol. The van der Waals surface area contributed by atoms with Crippen molar-refractivity contribution in [2.75, 3.05) is 6.54 Å². The number of amides is 1. The zero-order valence-corrected chi connectivity index (χ0v) is 18.5. The van der Waals surface area contributed by atoms with E-state index in [9.17, 15) is 18.0 Å². The monoisotopic (exact) mass is 464 g/mol. The normalized spacial score (nSPS) is 15.8. The minimum absolute atomic E-state index is 0.0298. The van der Waals surface area contributed by atoms with Gasteiger partial charge in [0.2, 0.25) is 15.9 Å². The molecule has 0 aromatic heterocycles. The molecule has 0 spiro atoms. The molecule has 1 amide bonds. The van der Waals surface area contributed by atoms with E-state index in [1.54, 1.807) is 12.1 Å². The lowest BCUT2D eigenvalue weighted by Crippen LogP contribution is -2.38. The first-order valence-corrected chi connectivity index (χ1v) is 12.0. The average Bonchev–Trinajstić information content (AvgIpc) is 2.71. The summed E-state index contributed by atoms with van der Waals surface area (Å²) in [6, 6.07) is 11.7. The highest BCUT2D eigenvalue weighted by Crippen LogP contribution is 2.24. The maximum absolute atomic E-state index is 12.6. The number of carboxylic acids is 1. The van der Waals surface area contributed by atoms with Crippen LogP contribution in [0.3, 0.4) is 0 Å². The minimum atomic E-state index is -3.62. The number of aliphatic carboxylic acids is 1. The summed E-state index contributed by atoms with van der Waals surface area (Å²) in [5.41, 5.74) is 3.08. The van der Waals surface area contributed by atoms with Crippen LogP contribution in [0.15, 0.2) is 47.4 Å². The largest absolute Gasteiger partial charge is 0.481 e. The first-order chi connectivity index (χ1) is 14.7. The number of carbonyl (C=O) groups excluding carboxylic acids is 1. The van der Waals surface area contributed by atoms with Crippen molar-refractivity contribution in [2.24, 2.45) is 0 Å². The Morgan fingerprint density at radius 1 is 1.10 bits per heavy atom. The number of fused-ring (bicyclic) bond motifs is 1. The number of rotatable bonds is 9. The van der Waals surface area contributed by atoms with E-state index in [0.717, 1.165) is 23.1 Å². The molecule has 1 atom stereocenters. The van der Waals surface area contributed by atoms with E-state index in [2.05, 4.69) is 10.0 Å². The minimum Gasteiger partial charge on any atom is -0.481 e. The molecule has 3 rings (SSSR count). The smallest absolute Gasteiger partial charge is 0.303 e. The lowest BCUT2D eigenvalue weighted by atomic mass is 9.87. The van der Waals surface area contributed by atoms with Crippen molar-refractivity contribution in [1.82, 2.24) is 10.0 Å². The summed E-state index contributed by atoms with van der Waals surface area (Å²) in [5.74, 6) is -1.02. The van der Waals surface area contributed by atoms with Crippen LogP contribution in [0.4, 0.5) is 0 Å². The fourth-order valence-corrected chi connectivity index (χ4v) is 5.03. The van der Waals surface area contributed by atoms with Gasteiger partial charge in [-0.2, -0.15) is 0 Å². The van der Waals surface area contributed by atoms with Crippen LogP contribution in [0.5, 0.6) is 0 Å². The summed E-state index contributed by atoms with van der Waals surface area (Å²) < 4.78 is 28.0. The van der Waals surface area contributed by atoms with Gasteiger partial charge in [0.25, 0.3) is 0 Å². The molecule has 0 bridgehead atoms. The first-order valence-electron chi connectivity index (χ1n) is 10.1. The number of carboxylic acid groups (broad SMARTS) is 1. The van der Waals surface area contributed by atoms with Crippen molar-refractivity contribution in [3.05, 3.63) is 64.2 Å². The Morgan fingerprint density at radius 2 is 1.84 bits per heavy atom. The van der Waals surface area contributed by atoms with E-state index in [4.69, 9.17) is 16.7 Å². The van der Waals surface area contributed by atoms with Gasteiger partial charge in [-0.25, -0.2) is 13.1 Å². The van der Waals surface area contributed by atoms with Gasteiger partial charge < -0.3 is 10.4 Å². The third-order valence-corrected chi connectivity index (χ3v) is 6.99. The molecule has 1 aliphatic carbocycles. The Labute approximate surface area is 186 Å². The second-order valence-electron chi connectivity index (χ2n) is 7.64. The van der Waals surface area contributed by atoms with Crippen LogP contribution in [0, 0.1) is 0 Å². The van der Waals surface area contributed by atoms with E-state index >= 15 is 0 Å². The molecule has 0 saturated heterocycles. The van der Waals surface area contributed by atoms with Gasteiger partial charge >= 0.3 is 5.97 Å². The fourth-order valence-electron chi connectivity index (χ4n) is 3.64. The fraction of sp³-hybridized carbons (Fsp3) is 0.364. The van der Waals surface area contributed by atoms with Gasteiger partial charge in [0, 0.05) is 24.0 Å². The second kappa shape index (κ2) is 10.3. The molecule has 3 N–H and O–H groups in total. The van der Waals surface area contributed by atoms with Gasteiger partial charge in [0.15, 0.2) is 0 Å². The Hall–Kier alpha value is -2.42. The van der Waals surface area contributed by atoms with Crippen LogP contribution in [0.25, 0.3) is 0 Å². The van der Waals surface area contributed by atoms with Crippen LogP contribution in [-0.2, 0) is 38.9 Å². The molecule has 1 aliphatic rings. The van der Waals surface area contributed by atoms with Crippen molar-refractivity contribution >= 4 is 33.5 Å². The Bertz CT molecular complexity index is 1050. The maximum atomic E-state index is 12.6. The van der Waals surface area contributed by atoms with Crippen molar-refractivity contribution in [2.45, 2.75) is 49.5 Å². The molecule has 0 fully saturated rings. The zero-order chi connectivity index (χ0) is 22.4. The summed E-state index contributed by atoms with van der Waals surface area (Å²) >= 11 is 5.84. The molecular weight excluding hydrogens is 440 g/mol. The van der Waals surface area contributed by atoms with E-state index in [0.29, 0.717) is 30.8 Å². The van der Waals surface area contributed by atoms with E-state index < -0.39 is 16.0 Å². The second-order valence-corrected chi connectivity index (χ2v) is 9.79. The molecular formula is C22H25ClN2O5S. The molecule has 0 saturated carbocycles. The number of hydrogen-bond donors (Lipinski definition) is 3. The molecule has 7 nitrogen and oxygen atoms in total. The van der Waals surface area contributed by atoms with Gasteiger partial charge in [0.05, 0.1) is 11.3 Å². The highest BCUT2D eigenvalue weighted by molar-refractivity contribution is 7.89. The van der Waals surface area contributed by atoms with Gasteiger partial charge in [-0.05, 0) is 66.6 Å². The highest BCUT2D eigenvalue weighted by atomic mass is 35.5. The van der Waals surface area contributed by atoms with Gasteiger partial charge in [-0.15, -0.1) is 0 Å². The van der Waals surface area contributed by atoms with Crippen LogP contribution >= 0.6 is 11.6 Å². The Balaban J connectivity index is 1.56. The maximum Gasteiger partial charge on any atom is 0.303 e. The molecule has 31 heavy (non-hydrogen) atoms. The number of carbonyl (C=O) groups is 2. The summed E-state index contributed by atoms with van der Waals surface area (Å²) in [6.07, 6.45) is 2.64. The summed E-state index contributed by atoms with van der Waals surface area (Å²) in [4.78, 5) is 22.7. The van der Waals surface area contributed by atoms with Crippen LogP contribution in [0.2, 0.25) is 5.02 Å². The predicted octanol–water partition coefficient (Wildman–Crippen LogP) is 2.70. The summed E-state index contributed by atoms with van der Waals surface area (Å²) in [5, 5.41) is 11.8. The average molecular weight is 465 g/mol. The topological polar surface area (TPSA) is 113 Å². The number of nitrogens with one attached hydrogen (secondary N) is 2. The Morgan fingerprint density at radius 3 is 2.55 bits per heavy atom. The molecule has 0 aliphatic heterocycles. The SMILES string of the molecule is O=C(O)CCCNC(=O)Cc1ccc2c(c1)CCC(NS(=O)(=O)c1ccc(Cl)cc1)C2. The number of aryl methyl sites for hydroxylation is 1. The van der Waals surface area contributed by atoms with Crippen LogP contribution in [0.1, 0.15) is 36.0 Å². The number of halogens is 1. The standard InChI is InChI=1S/C22H25ClN2O5S/c23-18-6-9-20(10-7-18)31(29,30)25-19-8-5-16-12-15(3-4-17(16)14-19)13-21(26)24-11-1-2-22(27)28/h3-4,6-7,9-10,12,19,25H,1-2,5,8,11,13-14H2,(H,24,26)(H,27,28). The molecule has 166 valence electrons. The number of hydrogen-bond acceptors (Lipinski definition) is 4. The first kappa shape index (κ1) is 23.2. The number of benzene rings is 2. The van der Waals surface area contributed by atoms with Crippen molar-refractivity contribution in [1.29, 1.82) is 0 Å². The van der Waals surface area contributed by atoms with Crippen molar-refractivity contribution in [3.8, 4) is 0 Å². The quantitative estimate of drug-likeness (QED) is 0.494. The third kappa shape index (κ3) is 6.78. The van der Waals surface area contributed by atoms with Gasteiger partial charge in [0.1, 0.15) is 0 Å². The summed E-state index contributed by atoms with van der Waals surface area (Å²) in [7, 11) is -3.62. The molecule has 2 aromatic rings. The van der Waals surface area contributed by atoms with E-state index in [1.165, 1.54) is 12.1 Å². The van der Waals surface area contributed by atoms with Gasteiger partial charge in [-0.1, -0.05) is 29.8 Å². The lowest BCUT2D eigenvalue weighted by molar-refractivity contribution is -0.137. The van der Waals surface area contributed by atoms with Crippen LogP contribution < -0.4 is 10.0 Å². The van der Waals surface area contributed by atoms with Crippen LogP contribution in [-0.4, -0.2) is 38.0 Å².